The van der Waals surface area contributed by atoms with Crippen molar-refractivity contribution in [3.63, 3.8) is 0 Å². The van der Waals surface area contributed by atoms with Crippen LogP contribution in [-0.2, 0) is 15.8 Å². The van der Waals surface area contributed by atoms with E-state index in [2.05, 4.69) is 13.8 Å². The molecule has 4 heteroatoms. The van der Waals surface area contributed by atoms with Crippen LogP contribution in [0.15, 0.2) is 0 Å². The number of hydrogen-bond acceptors (Lipinski definition) is 2. The molecular weight excluding hydrogens is 198 g/mol. The first-order valence-electron chi connectivity index (χ1n) is 5.41. The van der Waals surface area contributed by atoms with Gasteiger partial charge in [0.2, 0.25) is 0 Å². The van der Waals surface area contributed by atoms with Gasteiger partial charge >= 0.3 is 0 Å². The van der Waals surface area contributed by atoms with Crippen LogP contribution in [0.1, 0.15) is 33.1 Å². The van der Waals surface area contributed by atoms with Crippen molar-refractivity contribution in [3.05, 3.63) is 0 Å². The molecular formula is C10H15NO2S. The average molecular weight is 213 g/mol. The van der Waals surface area contributed by atoms with Gasteiger partial charge in [0.25, 0.3) is 0 Å². The average Bonchev–Trinajstić information content (AvgIpc) is 2.66. The van der Waals surface area contributed by atoms with E-state index < -0.39 is 11.0 Å². The molecule has 4 aliphatic rings. The first-order chi connectivity index (χ1) is 6.54. The summed E-state index contributed by atoms with van der Waals surface area (Å²) in [5, 5.41) is 0. The van der Waals surface area contributed by atoms with Gasteiger partial charge in [-0.2, -0.15) is 0 Å². The number of hydroxylamine groups is 1. The van der Waals surface area contributed by atoms with Crippen LogP contribution in [0.2, 0.25) is 0 Å². The zero-order valence-corrected chi connectivity index (χ0v) is 9.39. The van der Waals surface area contributed by atoms with Crippen LogP contribution < -0.4 is 0 Å². The van der Waals surface area contributed by atoms with Gasteiger partial charge in [0.05, 0.1) is 5.75 Å². The maximum Gasteiger partial charge on any atom is 0.186 e. The normalized spacial score (nSPS) is 66.6. The van der Waals surface area contributed by atoms with Gasteiger partial charge in [-0.15, -0.1) is 0 Å². The molecule has 4 rings (SSSR count). The Morgan fingerprint density at radius 3 is 2.86 bits per heavy atom. The van der Waals surface area contributed by atoms with E-state index in [0.29, 0.717) is 5.41 Å². The summed E-state index contributed by atoms with van der Waals surface area (Å²) in [5.41, 5.74) is 0.438. The van der Waals surface area contributed by atoms with E-state index in [9.17, 15) is 4.21 Å². The lowest BCUT2D eigenvalue weighted by atomic mass is 9.68. The van der Waals surface area contributed by atoms with Crippen molar-refractivity contribution in [1.29, 1.82) is 0 Å². The van der Waals surface area contributed by atoms with E-state index >= 15 is 0 Å². The summed E-state index contributed by atoms with van der Waals surface area (Å²) >= 11 is 0. The molecule has 5 atom stereocenters. The third-order valence-corrected chi connectivity index (χ3v) is 6.97. The van der Waals surface area contributed by atoms with Crippen molar-refractivity contribution in [1.82, 2.24) is 4.47 Å². The Balaban J connectivity index is 1.95. The molecule has 2 bridgehead atoms. The van der Waals surface area contributed by atoms with Crippen LogP contribution >= 0.6 is 0 Å². The molecule has 2 spiro atoms. The maximum atomic E-state index is 11.8. The molecule has 2 heterocycles. The van der Waals surface area contributed by atoms with Crippen molar-refractivity contribution < 1.29 is 9.05 Å². The Morgan fingerprint density at radius 2 is 2.29 bits per heavy atom. The largest absolute Gasteiger partial charge is 0.257 e. The van der Waals surface area contributed by atoms with Gasteiger partial charge in [-0.1, -0.05) is 18.3 Å². The van der Waals surface area contributed by atoms with Crippen molar-refractivity contribution >= 4 is 11.0 Å². The lowest BCUT2D eigenvalue weighted by Gasteiger charge is -2.36. The molecule has 2 saturated carbocycles. The summed E-state index contributed by atoms with van der Waals surface area (Å²) in [4.78, 5) is 5.67. The molecule has 0 radical (unpaired) electrons. The van der Waals surface area contributed by atoms with E-state index in [4.69, 9.17) is 4.84 Å². The highest BCUT2D eigenvalue weighted by Crippen LogP contribution is 2.79. The van der Waals surface area contributed by atoms with E-state index in [-0.39, 0.29) is 11.1 Å². The molecule has 2 aliphatic heterocycles. The van der Waals surface area contributed by atoms with Crippen molar-refractivity contribution in [2.75, 3.05) is 5.75 Å². The number of nitrogens with zero attached hydrogens (tertiary/aromatic N) is 1. The maximum absolute atomic E-state index is 11.8. The topological polar surface area (TPSA) is 32.6 Å². The summed E-state index contributed by atoms with van der Waals surface area (Å²) in [6.45, 7) is 4.70. The molecule has 0 aromatic heterocycles. The van der Waals surface area contributed by atoms with Gasteiger partial charge in [0.15, 0.2) is 5.72 Å². The highest BCUT2D eigenvalue weighted by atomic mass is 32.2. The summed E-state index contributed by atoms with van der Waals surface area (Å²) in [5.74, 6) is 1.63. The summed E-state index contributed by atoms with van der Waals surface area (Å²) in [6.07, 6.45) is 3.64. The zero-order valence-electron chi connectivity index (χ0n) is 8.58. The second-order valence-corrected chi connectivity index (χ2v) is 7.11. The highest BCUT2D eigenvalue weighted by molar-refractivity contribution is 7.83. The summed E-state index contributed by atoms with van der Waals surface area (Å²) in [6, 6.07) is 0. The standard InChI is InChI=1S/C10H15NO2S/c1-8(2)7-3-4-9(8)6-14(12)11-10(9,5-7)13-11/h7H,3-6H2,1-2H3/t7?,9-,10-,11?,14?/m0/s1. The Bertz CT molecular complexity index is 369. The second kappa shape index (κ2) is 1.85. The van der Waals surface area contributed by atoms with Crippen molar-refractivity contribution in [2.24, 2.45) is 16.7 Å². The van der Waals surface area contributed by atoms with Gasteiger partial charge in [0.1, 0.15) is 11.0 Å². The molecule has 3 unspecified atom stereocenters. The van der Waals surface area contributed by atoms with E-state index in [1.165, 1.54) is 12.8 Å². The molecule has 2 aliphatic carbocycles. The fourth-order valence-corrected chi connectivity index (χ4v) is 6.48. The van der Waals surface area contributed by atoms with E-state index in [1.54, 1.807) is 4.47 Å². The van der Waals surface area contributed by atoms with Crippen LogP contribution in [0, 0.1) is 16.7 Å². The molecule has 0 N–H and O–H groups in total. The first-order valence-corrected chi connectivity index (χ1v) is 6.69. The van der Waals surface area contributed by atoms with Crippen molar-refractivity contribution in [3.8, 4) is 0 Å². The SMILES string of the molecule is CC1(C)C2CC[C@]13CS(=O)N1O[C@]13C2. The molecule has 78 valence electrons. The van der Waals surface area contributed by atoms with Gasteiger partial charge in [-0.3, -0.25) is 4.84 Å². The third kappa shape index (κ3) is 0.525. The van der Waals surface area contributed by atoms with E-state index in [0.717, 1.165) is 18.1 Å². The lowest BCUT2D eigenvalue weighted by molar-refractivity contribution is 0.0737. The first kappa shape index (κ1) is 8.25. The van der Waals surface area contributed by atoms with Crippen molar-refractivity contribution in [2.45, 2.75) is 38.8 Å². The summed E-state index contributed by atoms with van der Waals surface area (Å²) < 4.78 is 13.6. The molecule has 14 heavy (non-hydrogen) atoms. The van der Waals surface area contributed by atoms with Crippen LogP contribution in [0.3, 0.4) is 0 Å². The molecule has 3 nitrogen and oxygen atoms in total. The quantitative estimate of drug-likeness (QED) is 0.570. The lowest BCUT2D eigenvalue weighted by Crippen LogP contribution is -2.41. The fourth-order valence-electron chi connectivity index (χ4n) is 4.42. The smallest absolute Gasteiger partial charge is 0.186 e. The Kier molecular flexibility index (Phi) is 1.09. The number of hydrogen-bond donors (Lipinski definition) is 0. The predicted octanol–water partition coefficient (Wildman–Crippen LogP) is 1.43. The fraction of sp³-hybridized carbons (Fsp3) is 1.00. The predicted molar refractivity (Wildman–Crippen MR) is 52.2 cm³/mol. The molecule has 2 saturated heterocycles. The van der Waals surface area contributed by atoms with Gasteiger partial charge in [-0.25, -0.2) is 4.21 Å². The molecule has 0 aromatic rings. The Labute approximate surface area is 86.3 Å². The Hall–Kier alpha value is 0.0700. The molecule has 0 aromatic carbocycles. The minimum atomic E-state index is -0.860. The van der Waals surface area contributed by atoms with E-state index in [1.807, 2.05) is 0 Å². The minimum absolute atomic E-state index is 0.0930. The van der Waals surface area contributed by atoms with Crippen LogP contribution in [0.25, 0.3) is 0 Å². The minimum Gasteiger partial charge on any atom is -0.257 e. The molecule has 4 fully saturated rings. The van der Waals surface area contributed by atoms with Crippen LogP contribution in [0.5, 0.6) is 0 Å². The van der Waals surface area contributed by atoms with Gasteiger partial charge in [-0.05, 0) is 30.6 Å². The van der Waals surface area contributed by atoms with Crippen LogP contribution in [0.4, 0.5) is 0 Å². The zero-order chi connectivity index (χ0) is 9.77. The second-order valence-electron chi connectivity index (χ2n) is 5.84. The summed E-state index contributed by atoms with van der Waals surface area (Å²) in [7, 11) is -0.860. The Morgan fingerprint density at radius 1 is 1.50 bits per heavy atom. The van der Waals surface area contributed by atoms with Gasteiger partial charge in [0, 0.05) is 5.41 Å². The number of rotatable bonds is 0. The highest BCUT2D eigenvalue weighted by Gasteiger charge is 2.86. The third-order valence-electron chi connectivity index (χ3n) is 5.50. The number of fused-ring (bicyclic) bond motifs is 1. The van der Waals surface area contributed by atoms with Crippen LogP contribution in [-0.4, -0.2) is 20.2 Å². The van der Waals surface area contributed by atoms with Gasteiger partial charge < -0.3 is 0 Å². The molecule has 0 amide bonds. The monoisotopic (exact) mass is 213 g/mol.